The van der Waals surface area contributed by atoms with E-state index in [4.69, 9.17) is 28.2 Å². The van der Waals surface area contributed by atoms with Crippen molar-refractivity contribution >= 4 is 34.2 Å². The number of rotatable bonds is 3. The molecule has 0 aliphatic heterocycles. The van der Waals surface area contributed by atoms with Gasteiger partial charge in [-0.15, -0.1) is 11.6 Å². The van der Waals surface area contributed by atoms with Gasteiger partial charge in [0.1, 0.15) is 5.82 Å². The van der Waals surface area contributed by atoms with E-state index in [-0.39, 0.29) is 0 Å². The summed E-state index contributed by atoms with van der Waals surface area (Å²) in [7, 11) is 0. The topological polar surface area (TPSA) is 17.8 Å². The lowest BCUT2D eigenvalue weighted by Crippen LogP contribution is -2.26. The molecule has 1 aliphatic carbocycles. The highest BCUT2D eigenvalue weighted by atomic mass is 35.5. The highest BCUT2D eigenvalue weighted by Crippen LogP contribution is 2.39. The quantitative estimate of drug-likeness (QED) is 0.684. The van der Waals surface area contributed by atoms with Gasteiger partial charge in [-0.25, -0.2) is 4.98 Å². The van der Waals surface area contributed by atoms with Crippen molar-refractivity contribution in [2.24, 2.45) is 11.8 Å². The van der Waals surface area contributed by atoms with Crippen molar-refractivity contribution in [3.63, 3.8) is 0 Å². The summed E-state index contributed by atoms with van der Waals surface area (Å²) in [6.07, 6.45) is 4.62. The van der Waals surface area contributed by atoms with E-state index >= 15 is 0 Å². The molecule has 0 saturated heterocycles. The Morgan fingerprint density at radius 1 is 1.29 bits per heavy atom. The standard InChI is InChI=1S/C17H22Cl2N2/c1-11-3-5-15(12(2)9-11)21-16-6-4-13(19)10-14(16)20-17(21)7-8-18/h4,6,10-12,15H,3,5,7-9H2,1-2H3. The van der Waals surface area contributed by atoms with E-state index in [0.29, 0.717) is 17.8 Å². The number of imidazole rings is 1. The van der Waals surface area contributed by atoms with Crippen LogP contribution in [0.3, 0.4) is 0 Å². The number of hydrogen-bond acceptors (Lipinski definition) is 1. The van der Waals surface area contributed by atoms with E-state index in [1.165, 1.54) is 24.8 Å². The molecule has 114 valence electrons. The Bertz CT molecular complexity index is 635. The Balaban J connectivity index is 2.08. The Kier molecular flexibility index (Phi) is 4.46. The van der Waals surface area contributed by atoms with E-state index in [9.17, 15) is 0 Å². The van der Waals surface area contributed by atoms with Gasteiger partial charge >= 0.3 is 0 Å². The summed E-state index contributed by atoms with van der Waals surface area (Å²) < 4.78 is 2.44. The smallest absolute Gasteiger partial charge is 0.111 e. The van der Waals surface area contributed by atoms with Gasteiger partial charge in [-0.1, -0.05) is 25.4 Å². The first kappa shape index (κ1) is 15.2. The number of aryl methyl sites for hydroxylation is 1. The third-order valence-corrected chi connectivity index (χ3v) is 5.18. The van der Waals surface area contributed by atoms with Gasteiger partial charge in [0.05, 0.1) is 11.0 Å². The van der Waals surface area contributed by atoms with Crippen LogP contribution in [0.5, 0.6) is 0 Å². The molecule has 21 heavy (non-hydrogen) atoms. The van der Waals surface area contributed by atoms with Crippen molar-refractivity contribution in [1.29, 1.82) is 0 Å². The Morgan fingerprint density at radius 2 is 2.10 bits per heavy atom. The molecule has 3 rings (SSSR count). The molecule has 1 aliphatic rings. The van der Waals surface area contributed by atoms with Crippen LogP contribution in [-0.4, -0.2) is 15.4 Å². The van der Waals surface area contributed by atoms with Crippen LogP contribution in [0, 0.1) is 11.8 Å². The highest BCUT2D eigenvalue weighted by molar-refractivity contribution is 6.31. The van der Waals surface area contributed by atoms with Crippen LogP contribution in [0.4, 0.5) is 0 Å². The lowest BCUT2D eigenvalue weighted by Gasteiger charge is -2.34. The summed E-state index contributed by atoms with van der Waals surface area (Å²) in [5.74, 6) is 3.22. The molecule has 1 heterocycles. The fourth-order valence-electron chi connectivity index (χ4n) is 3.79. The minimum Gasteiger partial charge on any atom is -0.325 e. The molecule has 3 atom stereocenters. The molecular formula is C17H22Cl2N2. The molecule has 0 N–H and O–H groups in total. The molecule has 2 aromatic rings. The predicted octanol–water partition coefficient (Wildman–Crippen LogP) is 5.47. The number of nitrogens with zero attached hydrogens (tertiary/aromatic N) is 2. The number of aromatic nitrogens is 2. The number of alkyl halides is 1. The lowest BCUT2D eigenvalue weighted by molar-refractivity contribution is 0.208. The van der Waals surface area contributed by atoms with Gasteiger partial charge in [-0.3, -0.25) is 0 Å². The number of benzene rings is 1. The monoisotopic (exact) mass is 324 g/mol. The molecular weight excluding hydrogens is 303 g/mol. The zero-order valence-corrected chi connectivity index (χ0v) is 14.2. The summed E-state index contributed by atoms with van der Waals surface area (Å²) in [6, 6.07) is 6.56. The third-order valence-electron chi connectivity index (χ3n) is 4.76. The minimum absolute atomic E-state index is 0.533. The van der Waals surface area contributed by atoms with E-state index in [1.54, 1.807) is 0 Å². The molecule has 4 heteroatoms. The van der Waals surface area contributed by atoms with Crippen LogP contribution < -0.4 is 0 Å². The number of fused-ring (bicyclic) bond motifs is 1. The van der Waals surface area contributed by atoms with Crippen molar-refractivity contribution in [3.8, 4) is 0 Å². The van der Waals surface area contributed by atoms with Crippen LogP contribution >= 0.6 is 23.2 Å². The van der Waals surface area contributed by atoms with Gasteiger partial charge in [-0.2, -0.15) is 0 Å². The van der Waals surface area contributed by atoms with Crippen molar-refractivity contribution in [2.45, 2.75) is 45.6 Å². The van der Waals surface area contributed by atoms with E-state index in [2.05, 4.69) is 24.5 Å². The minimum atomic E-state index is 0.533. The Hall–Kier alpha value is -0.730. The van der Waals surface area contributed by atoms with Crippen LogP contribution in [-0.2, 0) is 6.42 Å². The van der Waals surface area contributed by atoms with E-state index in [0.717, 1.165) is 28.7 Å². The van der Waals surface area contributed by atoms with Crippen molar-refractivity contribution in [2.75, 3.05) is 5.88 Å². The van der Waals surface area contributed by atoms with Gasteiger partial charge in [0.2, 0.25) is 0 Å². The van der Waals surface area contributed by atoms with Crippen LogP contribution in [0.1, 0.15) is 45.0 Å². The molecule has 0 spiro atoms. The fourth-order valence-corrected chi connectivity index (χ4v) is 4.12. The zero-order chi connectivity index (χ0) is 15.0. The van der Waals surface area contributed by atoms with Crippen LogP contribution in [0.15, 0.2) is 18.2 Å². The van der Waals surface area contributed by atoms with Crippen LogP contribution in [0.25, 0.3) is 11.0 Å². The summed E-state index contributed by atoms with van der Waals surface area (Å²) in [4.78, 5) is 4.79. The van der Waals surface area contributed by atoms with Gasteiger partial charge < -0.3 is 4.57 Å². The second kappa shape index (κ2) is 6.18. The van der Waals surface area contributed by atoms with E-state index in [1.807, 2.05) is 12.1 Å². The normalized spacial score (nSPS) is 26.4. The van der Waals surface area contributed by atoms with Gasteiger partial charge in [0, 0.05) is 23.4 Å². The van der Waals surface area contributed by atoms with Crippen LogP contribution in [0.2, 0.25) is 5.02 Å². The SMILES string of the molecule is CC1CCC(n2c(CCCl)nc3cc(Cl)ccc32)C(C)C1. The fraction of sp³-hybridized carbons (Fsp3) is 0.588. The molecule has 0 radical (unpaired) electrons. The maximum Gasteiger partial charge on any atom is 0.111 e. The molecule has 0 bridgehead atoms. The highest BCUT2D eigenvalue weighted by Gasteiger charge is 2.29. The molecule has 3 unspecified atom stereocenters. The molecule has 2 nitrogen and oxygen atoms in total. The van der Waals surface area contributed by atoms with Crippen molar-refractivity contribution in [3.05, 3.63) is 29.0 Å². The van der Waals surface area contributed by atoms with Gasteiger partial charge in [-0.05, 0) is 49.3 Å². The summed E-state index contributed by atoms with van der Waals surface area (Å²) in [5.41, 5.74) is 2.19. The maximum atomic E-state index is 6.12. The maximum absolute atomic E-state index is 6.12. The molecule has 1 aromatic carbocycles. The number of halogens is 2. The van der Waals surface area contributed by atoms with Gasteiger partial charge in [0.25, 0.3) is 0 Å². The predicted molar refractivity (Wildman–Crippen MR) is 90.4 cm³/mol. The summed E-state index contributed by atoms with van der Waals surface area (Å²) in [6.45, 7) is 4.73. The van der Waals surface area contributed by atoms with E-state index < -0.39 is 0 Å². The number of hydrogen-bond donors (Lipinski definition) is 0. The molecule has 0 amide bonds. The molecule has 1 fully saturated rings. The largest absolute Gasteiger partial charge is 0.325 e. The Labute approximate surface area is 136 Å². The Morgan fingerprint density at radius 3 is 2.81 bits per heavy atom. The second-order valence-corrected chi connectivity index (χ2v) is 7.25. The summed E-state index contributed by atoms with van der Waals surface area (Å²) >= 11 is 12.1. The average Bonchev–Trinajstić information content (AvgIpc) is 2.76. The zero-order valence-electron chi connectivity index (χ0n) is 12.6. The van der Waals surface area contributed by atoms with Crippen molar-refractivity contribution in [1.82, 2.24) is 9.55 Å². The average molecular weight is 325 g/mol. The molecule has 1 saturated carbocycles. The first-order chi connectivity index (χ1) is 10.1. The summed E-state index contributed by atoms with van der Waals surface area (Å²) in [5, 5.41) is 0.745. The first-order valence-corrected chi connectivity index (χ1v) is 8.73. The third kappa shape index (κ3) is 2.93. The lowest BCUT2D eigenvalue weighted by atomic mass is 9.79. The second-order valence-electron chi connectivity index (χ2n) is 6.43. The first-order valence-electron chi connectivity index (χ1n) is 7.82. The molecule has 1 aromatic heterocycles. The van der Waals surface area contributed by atoms with Crippen molar-refractivity contribution < 1.29 is 0 Å². The van der Waals surface area contributed by atoms with Gasteiger partial charge in [0.15, 0.2) is 0 Å².